The molecule has 0 bridgehead atoms. The van der Waals surface area contributed by atoms with Crippen LogP contribution in [0, 0.1) is 11.8 Å². The molecule has 1 aromatic carbocycles. The minimum absolute atomic E-state index is 0.0709. The first-order chi connectivity index (χ1) is 9.97. The summed E-state index contributed by atoms with van der Waals surface area (Å²) in [6.45, 7) is 5.77. The van der Waals surface area contributed by atoms with E-state index < -0.39 is 0 Å². The van der Waals surface area contributed by atoms with E-state index >= 15 is 0 Å². The van der Waals surface area contributed by atoms with Gasteiger partial charge in [0.05, 0.1) is 5.92 Å². The van der Waals surface area contributed by atoms with E-state index in [9.17, 15) is 9.59 Å². The van der Waals surface area contributed by atoms with E-state index in [-0.39, 0.29) is 17.7 Å². The van der Waals surface area contributed by atoms with Crippen LogP contribution in [0.5, 0.6) is 0 Å². The maximum atomic E-state index is 12.2. The zero-order valence-electron chi connectivity index (χ0n) is 12.4. The summed E-state index contributed by atoms with van der Waals surface area (Å²) in [4.78, 5) is 25.8. The maximum Gasteiger partial charge on any atom is 0.225 e. The van der Waals surface area contributed by atoms with Gasteiger partial charge in [-0.1, -0.05) is 43.6 Å². The Hall–Kier alpha value is -1.55. The van der Waals surface area contributed by atoms with E-state index in [0.29, 0.717) is 37.0 Å². The number of benzene rings is 1. The molecule has 21 heavy (non-hydrogen) atoms. The largest absolute Gasteiger partial charge is 0.352 e. The van der Waals surface area contributed by atoms with Gasteiger partial charge in [-0.15, -0.1) is 0 Å². The third kappa shape index (κ3) is 4.21. The fourth-order valence-electron chi connectivity index (χ4n) is 2.53. The average Bonchev–Trinajstić information content (AvgIpc) is 2.78. The van der Waals surface area contributed by atoms with Gasteiger partial charge in [-0.05, 0) is 17.5 Å². The Bertz CT molecular complexity index is 531. The highest BCUT2D eigenvalue weighted by Gasteiger charge is 2.34. The van der Waals surface area contributed by atoms with Crippen LogP contribution in [0.2, 0.25) is 5.02 Å². The third-order valence-electron chi connectivity index (χ3n) is 3.58. The normalized spacial score (nSPS) is 18.4. The molecule has 0 aliphatic carbocycles. The van der Waals surface area contributed by atoms with E-state index in [2.05, 4.69) is 19.2 Å². The smallest absolute Gasteiger partial charge is 0.225 e. The van der Waals surface area contributed by atoms with Crippen molar-refractivity contribution >= 4 is 23.4 Å². The molecule has 1 unspecified atom stereocenters. The van der Waals surface area contributed by atoms with Gasteiger partial charge < -0.3 is 10.2 Å². The predicted octanol–water partition coefficient (Wildman–Crippen LogP) is 2.46. The number of likely N-dealkylation sites (tertiary alicyclic amines) is 1. The molecule has 1 aliphatic rings. The lowest BCUT2D eigenvalue weighted by Gasteiger charge is -2.18. The van der Waals surface area contributed by atoms with Crippen molar-refractivity contribution in [2.45, 2.75) is 26.8 Å². The Kier molecular flexibility index (Phi) is 5.23. The molecule has 4 nitrogen and oxygen atoms in total. The molecule has 2 amide bonds. The minimum atomic E-state index is -0.251. The van der Waals surface area contributed by atoms with Crippen molar-refractivity contribution < 1.29 is 9.59 Å². The van der Waals surface area contributed by atoms with Crippen molar-refractivity contribution in [3.63, 3.8) is 0 Å². The highest BCUT2D eigenvalue weighted by Crippen LogP contribution is 2.20. The van der Waals surface area contributed by atoms with Crippen molar-refractivity contribution in [3.05, 3.63) is 34.9 Å². The Morgan fingerprint density at radius 2 is 2.14 bits per heavy atom. The molecule has 1 saturated heterocycles. The van der Waals surface area contributed by atoms with E-state index in [0.717, 1.165) is 5.56 Å². The zero-order chi connectivity index (χ0) is 15.4. The van der Waals surface area contributed by atoms with E-state index in [1.807, 2.05) is 18.2 Å². The van der Waals surface area contributed by atoms with Gasteiger partial charge in [0.2, 0.25) is 11.8 Å². The van der Waals surface area contributed by atoms with Crippen LogP contribution >= 0.6 is 11.6 Å². The van der Waals surface area contributed by atoms with Crippen LogP contribution in [0.1, 0.15) is 25.8 Å². The van der Waals surface area contributed by atoms with Gasteiger partial charge in [0.15, 0.2) is 0 Å². The summed E-state index contributed by atoms with van der Waals surface area (Å²) in [5.74, 6) is 0.161. The molecule has 1 heterocycles. The molecule has 114 valence electrons. The maximum absolute atomic E-state index is 12.2. The summed E-state index contributed by atoms with van der Waals surface area (Å²) in [5.41, 5.74) is 0.885. The van der Waals surface area contributed by atoms with Crippen LogP contribution in [0.15, 0.2) is 24.3 Å². The van der Waals surface area contributed by atoms with E-state index in [4.69, 9.17) is 11.6 Å². The molecule has 0 radical (unpaired) electrons. The van der Waals surface area contributed by atoms with Crippen molar-refractivity contribution in [2.75, 3.05) is 13.1 Å². The molecule has 1 atom stereocenters. The van der Waals surface area contributed by atoms with Crippen LogP contribution in [0.25, 0.3) is 0 Å². The molecular formula is C16H21ClN2O2. The first kappa shape index (κ1) is 15.8. The number of hydrogen-bond acceptors (Lipinski definition) is 2. The van der Waals surface area contributed by atoms with Crippen LogP contribution in [-0.2, 0) is 16.1 Å². The number of carbonyl (C=O) groups excluding carboxylic acids is 2. The number of rotatable bonds is 5. The predicted molar refractivity (Wildman–Crippen MR) is 82.8 cm³/mol. The van der Waals surface area contributed by atoms with Gasteiger partial charge >= 0.3 is 0 Å². The fraction of sp³-hybridized carbons (Fsp3) is 0.500. The number of carbonyl (C=O) groups is 2. The number of hydrogen-bond donors (Lipinski definition) is 1. The first-order valence-electron chi connectivity index (χ1n) is 7.26. The SMILES string of the molecule is CC(C)CN1CC(C(=O)NCc2ccccc2Cl)CC1=O. The summed E-state index contributed by atoms with van der Waals surface area (Å²) < 4.78 is 0. The molecule has 1 N–H and O–H groups in total. The Morgan fingerprint density at radius 1 is 1.43 bits per heavy atom. The number of amides is 2. The second kappa shape index (κ2) is 6.94. The zero-order valence-corrected chi connectivity index (χ0v) is 13.2. The van der Waals surface area contributed by atoms with Crippen molar-refractivity contribution in [2.24, 2.45) is 11.8 Å². The van der Waals surface area contributed by atoms with Crippen LogP contribution in [-0.4, -0.2) is 29.8 Å². The molecule has 1 aromatic rings. The Morgan fingerprint density at radius 3 is 2.81 bits per heavy atom. The van der Waals surface area contributed by atoms with Crippen LogP contribution < -0.4 is 5.32 Å². The summed E-state index contributed by atoms with van der Waals surface area (Å²) in [6, 6.07) is 7.42. The second-order valence-corrected chi connectivity index (χ2v) is 6.31. The van der Waals surface area contributed by atoms with Crippen molar-refractivity contribution in [3.8, 4) is 0 Å². The van der Waals surface area contributed by atoms with Gasteiger partial charge in [0.1, 0.15) is 0 Å². The number of nitrogens with zero attached hydrogens (tertiary/aromatic N) is 1. The topological polar surface area (TPSA) is 49.4 Å². The number of nitrogens with one attached hydrogen (secondary N) is 1. The van der Waals surface area contributed by atoms with Crippen molar-refractivity contribution in [1.29, 1.82) is 0 Å². The van der Waals surface area contributed by atoms with E-state index in [1.165, 1.54) is 0 Å². The molecule has 1 aliphatic heterocycles. The summed E-state index contributed by atoms with van der Waals surface area (Å²) in [5, 5.41) is 3.51. The molecule has 1 fully saturated rings. The number of halogens is 1. The monoisotopic (exact) mass is 308 g/mol. The van der Waals surface area contributed by atoms with Gasteiger partial charge in [0, 0.05) is 31.1 Å². The van der Waals surface area contributed by atoms with Gasteiger partial charge in [-0.3, -0.25) is 9.59 Å². The van der Waals surface area contributed by atoms with Crippen LogP contribution in [0.3, 0.4) is 0 Å². The average molecular weight is 309 g/mol. The summed E-state index contributed by atoms with van der Waals surface area (Å²) in [7, 11) is 0. The molecular weight excluding hydrogens is 288 g/mol. The highest BCUT2D eigenvalue weighted by atomic mass is 35.5. The third-order valence-corrected chi connectivity index (χ3v) is 3.95. The van der Waals surface area contributed by atoms with Gasteiger partial charge in [-0.2, -0.15) is 0 Å². The Labute approximate surface area is 130 Å². The summed E-state index contributed by atoms with van der Waals surface area (Å²) >= 11 is 6.06. The molecule has 0 spiro atoms. The fourth-order valence-corrected chi connectivity index (χ4v) is 2.74. The van der Waals surface area contributed by atoms with Gasteiger partial charge in [0.25, 0.3) is 0 Å². The molecule has 5 heteroatoms. The lowest BCUT2D eigenvalue weighted by atomic mass is 10.1. The molecule has 0 saturated carbocycles. The van der Waals surface area contributed by atoms with Crippen LogP contribution in [0.4, 0.5) is 0 Å². The highest BCUT2D eigenvalue weighted by molar-refractivity contribution is 6.31. The first-order valence-corrected chi connectivity index (χ1v) is 7.64. The van der Waals surface area contributed by atoms with Crippen molar-refractivity contribution in [1.82, 2.24) is 10.2 Å². The van der Waals surface area contributed by atoms with Gasteiger partial charge in [-0.25, -0.2) is 0 Å². The molecule has 2 rings (SSSR count). The molecule has 0 aromatic heterocycles. The second-order valence-electron chi connectivity index (χ2n) is 5.90. The lowest BCUT2D eigenvalue weighted by Crippen LogP contribution is -2.33. The quantitative estimate of drug-likeness (QED) is 0.908. The summed E-state index contributed by atoms with van der Waals surface area (Å²) in [6.07, 6.45) is 0.307. The lowest BCUT2D eigenvalue weighted by molar-refractivity contribution is -0.129. The minimum Gasteiger partial charge on any atom is -0.352 e. The standard InChI is InChI=1S/C16H21ClN2O2/c1-11(2)9-19-10-13(7-15(19)20)16(21)18-8-12-5-3-4-6-14(12)17/h3-6,11,13H,7-10H2,1-2H3,(H,18,21). The van der Waals surface area contributed by atoms with E-state index in [1.54, 1.807) is 11.0 Å². The Balaban J connectivity index is 1.87.